The molecule has 0 radical (unpaired) electrons. The van der Waals surface area contributed by atoms with E-state index in [4.69, 9.17) is 9.84 Å². The Hall–Kier alpha value is -2.47. The van der Waals surface area contributed by atoms with Crippen molar-refractivity contribution in [2.24, 2.45) is 0 Å². The Morgan fingerprint density at radius 1 is 1.24 bits per heavy atom. The number of pyridine rings is 1. The van der Waals surface area contributed by atoms with Crippen molar-refractivity contribution in [3.8, 4) is 0 Å². The molecule has 6 heteroatoms. The highest BCUT2D eigenvalue weighted by molar-refractivity contribution is 5.96. The average Bonchev–Trinajstić information content (AvgIpc) is 2.97. The zero-order chi connectivity index (χ0) is 14.8. The van der Waals surface area contributed by atoms with Crippen LogP contribution in [-0.4, -0.2) is 34.2 Å². The maximum atomic E-state index is 12.1. The molecule has 3 rings (SSSR count). The number of carbonyl (C=O) groups excluding carboxylic acids is 1. The van der Waals surface area contributed by atoms with Crippen molar-refractivity contribution >= 4 is 28.5 Å². The monoisotopic (exact) mass is 286 g/mol. The number of anilines is 1. The molecule has 2 N–H and O–H groups in total. The first-order chi connectivity index (χ1) is 10.1. The molecule has 2 atom stereocenters. The van der Waals surface area contributed by atoms with Gasteiger partial charge >= 0.3 is 5.97 Å². The third kappa shape index (κ3) is 2.85. The molecule has 1 aromatic carbocycles. The summed E-state index contributed by atoms with van der Waals surface area (Å²) in [7, 11) is 0. The number of hydrogen-bond acceptors (Lipinski definition) is 4. The van der Waals surface area contributed by atoms with Gasteiger partial charge in [-0.05, 0) is 25.0 Å². The van der Waals surface area contributed by atoms with Crippen LogP contribution in [0.3, 0.4) is 0 Å². The average molecular weight is 286 g/mol. The second-order valence-electron chi connectivity index (χ2n) is 4.93. The molecule has 1 aliphatic rings. The lowest BCUT2D eigenvalue weighted by molar-refractivity contribution is -0.150. The Bertz CT molecular complexity index is 701. The molecule has 0 saturated carbocycles. The highest BCUT2D eigenvalue weighted by Crippen LogP contribution is 2.22. The molecule has 6 nitrogen and oxygen atoms in total. The highest BCUT2D eigenvalue weighted by Gasteiger charge is 2.34. The SMILES string of the molecule is O=C(Nc1cnc2ccccc2c1)[C@@H]1CC[C@H](C(=O)O)O1. The standard InChI is InChI=1S/C15H14N2O4/c18-14(12-5-6-13(21-12)15(19)20)17-10-7-9-3-1-2-4-11(9)16-8-10/h1-4,7-8,12-13H,5-6H2,(H,17,18)(H,19,20)/t12-,13+/m0/s1. The van der Waals surface area contributed by atoms with Gasteiger partial charge in [-0.15, -0.1) is 0 Å². The fraction of sp³-hybridized carbons (Fsp3) is 0.267. The van der Waals surface area contributed by atoms with E-state index in [0.29, 0.717) is 18.5 Å². The number of aliphatic carboxylic acids is 1. The molecule has 2 aromatic rings. The minimum absolute atomic E-state index is 0.337. The van der Waals surface area contributed by atoms with Crippen molar-refractivity contribution in [1.82, 2.24) is 4.98 Å². The topological polar surface area (TPSA) is 88.5 Å². The number of carboxylic acid groups (broad SMARTS) is 1. The molecule has 1 saturated heterocycles. The summed E-state index contributed by atoms with van der Waals surface area (Å²) in [6.45, 7) is 0. The Kier molecular flexibility index (Phi) is 3.53. The van der Waals surface area contributed by atoms with E-state index in [1.54, 1.807) is 6.20 Å². The summed E-state index contributed by atoms with van der Waals surface area (Å²) in [5.74, 6) is -1.37. The second-order valence-corrected chi connectivity index (χ2v) is 4.93. The summed E-state index contributed by atoms with van der Waals surface area (Å²) in [6.07, 6.45) is 0.713. The van der Waals surface area contributed by atoms with Crippen LogP contribution in [0.1, 0.15) is 12.8 Å². The van der Waals surface area contributed by atoms with E-state index < -0.39 is 18.2 Å². The van der Waals surface area contributed by atoms with E-state index in [1.165, 1.54) is 0 Å². The van der Waals surface area contributed by atoms with Gasteiger partial charge < -0.3 is 15.2 Å². The Morgan fingerprint density at radius 2 is 2.00 bits per heavy atom. The van der Waals surface area contributed by atoms with E-state index in [2.05, 4.69) is 10.3 Å². The highest BCUT2D eigenvalue weighted by atomic mass is 16.5. The van der Waals surface area contributed by atoms with Gasteiger partial charge in [-0.1, -0.05) is 18.2 Å². The summed E-state index contributed by atoms with van der Waals surface area (Å²) < 4.78 is 5.21. The number of para-hydroxylation sites is 1. The third-order valence-electron chi connectivity index (χ3n) is 3.45. The fourth-order valence-corrected chi connectivity index (χ4v) is 2.37. The second kappa shape index (κ2) is 5.49. The van der Waals surface area contributed by atoms with Crippen LogP contribution in [-0.2, 0) is 14.3 Å². The number of amides is 1. The minimum Gasteiger partial charge on any atom is -0.479 e. The molecule has 1 fully saturated rings. The van der Waals surface area contributed by atoms with Crippen LogP contribution in [0.2, 0.25) is 0 Å². The zero-order valence-corrected chi connectivity index (χ0v) is 11.2. The molecule has 0 spiro atoms. The first kappa shape index (κ1) is 13.5. The molecule has 0 bridgehead atoms. The Balaban J connectivity index is 1.70. The van der Waals surface area contributed by atoms with Gasteiger partial charge in [0.1, 0.15) is 6.10 Å². The lowest BCUT2D eigenvalue weighted by Gasteiger charge is -2.12. The van der Waals surface area contributed by atoms with Crippen LogP contribution in [0.15, 0.2) is 36.5 Å². The number of carboxylic acids is 1. The van der Waals surface area contributed by atoms with Gasteiger partial charge in [0.15, 0.2) is 6.10 Å². The number of benzene rings is 1. The maximum Gasteiger partial charge on any atom is 0.332 e. The number of carbonyl (C=O) groups is 2. The van der Waals surface area contributed by atoms with E-state index in [9.17, 15) is 9.59 Å². The van der Waals surface area contributed by atoms with Crippen molar-refractivity contribution in [1.29, 1.82) is 0 Å². The summed E-state index contributed by atoms with van der Waals surface area (Å²) >= 11 is 0. The Morgan fingerprint density at radius 3 is 2.76 bits per heavy atom. The van der Waals surface area contributed by atoms with Gasteiger partial charge in [-0.25, -0.2) is 4.79 Å². The molecular formula is C15H14N2O4. The molecule has 1 aromatic heterocycles. The largest absolute Gasteiger partial charge is 0.479 e. The summed E-state index contributed by atoms with van der Waals surface area (Å²) in [6, 6.07) is 9.41. The molecule has 1 amide bonds. The van der Waals surface area contributed by atoms with Crippen molar-refractivity contribution in [3.05, 3.63) is 36.5 Å². The number of rotatable bonds is 3. The van der Waals surface area contributed by atoms with Gasteiger partial charge in [0.2, 0.25) is 0 Å². The smallest absolute Gasteiger partial charge is 0.332 e. The molecule has 108 valence electrons. The van der Waals surface area contributed by atoms with Crippen molar-refractivity contribution < 1.29 is 19.4 Å². The zero-order valence-electron chi connectivity index (χ0n) is 11.2. The molecule has 21 heavy (non-hydrogen) atoms. The lowest BCUT2D eigenvalue weighted by Crippen LogP contribution is -2.29. The summed E-state index contributed by atoms with van der Waals surface area (Å²) in [5.41, 5.74) is 1.42. The number of nitrogens with zero attached hydrogens (tertiary/aromatic N) is 1. The molecular weight excluding hydrogens is 272 g/mol. The predicted octanol–water partition coefficient (Wildman–Crippen LogP) is 1.81. The van der Waals surface area contributed by atoms with E-state index >= 15 is 0 Å². The van der Waals surface area contributed by atoms with Crippen LogP contribution in [0.4, 0.5) is 5.69 Å². The number of aromatic nitrogens is 1. The maximum absolute atomic E-state index is 12.1. The summed E-state index contributed by atoms with van der Waals surface area (Å²) in [5, 5.41) is 12.5. The summed E-state index contributed by atoms with van der Waals surface area (Å²) in [4.78, 5) is 27.1. The first-order valence-electron chi connectivity index (χ1n) is 6.67. The van der Waals surface area contributed by atoms with Crippen LogP contribution in [0.25, 0.3) is 10.9 Å². The lowest BCUT2D eigenvalue weighted by atomic mass is 10.2. The third-order valence-corrected chi connectivity index (χ3v) is 3.45. The number of fused-ring (bicyclic) bond motifs is 1. The van der Waals surface area contributed by atoms with Gasteiger partial charge in [0.05, 0.1) is 17.4 Å². The normalized spacial score (nSPS) is 21.3. The fourth-order valence-electron chi connectivity index (χ4n) is 2.37. The molecule has 0 unspecified atom stereocenters. The molecule has 0 aliphatic carbocycles. The van der Waals surface area contributed by atoms with Crippen LogP contribution in [0, 0.1) is 0 Å². The number of ether oxygens (including phenoxy) is 1. The van der Waals surface area contributed by atoms with E-state index in [0.717, 1.165) is 10.9 Å². The van der Waals surface area contributed by atoms with E-state index in [-0.39, 0.29) is 5.91 Å². The van der Waals surface area contributed by atoms with Crippen molar-refractivity contribution in [3.63, 3.8) is 0 Å². The number of nitrogens with one attached hydrogen (secondary N) is 1. The quantitative estimate of drug-likeness (QED) is 0.898. The minimum atomic E-state index is -1.03. The van der Waals surface area contributed by atoms with Crippen LogP contribution < -0.4 is 5.32 Å². The van der Waals surface area contributed by atoms with Crippen molar-refractivity contribution in [2.75, 3.05) is 5.32 Å². The van der Waals surface area contributed by atoms with Gasteiger partial charge in [-0.3, -0.25) is 9.78 Å². The molecule has 2 heterocycles. The van der Waals surface area contributed by atoms with Gasteiger partial charge in [-0.2, -0.15) is 0 Å². The van der Waals surface area contributed by atoms with Crippen LogP contribution >= 0.6 is 0 Å². The first-order valence-corrected chi connectivity index (χ1v) is 6.67. The number of hydrogen-bond donors (Lipinski definition) is 2. The molecule has 1 aliphatic heterocycles. The van der Waals surface area contributed by atoms with E-state index in [1.807, 2.05) is 30.3 Å². The van der Waals surface area contributed by atoms with Gasteiger partial charge in [0, 0.05) is 5.39 Å². The van der Waals surface area contributed by atoms with Crippen LogP contribution in [0.5, 0.6) is 0 Å². The predicted molar refractivity (Wildman–Crippen MR) is 75.9 cm³/mol. The van der Waals surface area contributed by atoms with Crippen molar-refractivity contribution in [2.45, 2.75) is 25.0 Å². The Labute approximate surface area is 120 Å². The van der Waals surface area contributed by atoms with Gasteiger partial charge in [0.25, 0.3) is 5.91 Å².